The smallest absolute Gasteiger partial charge is 0.259 e. The van der Waals surface area contributed by atoms with Crippen molar-refractivity contribution >= 4 is 28.3 Å². The first-order valence-electron chi connectivity index (χ1n) is 10.4. The third-order valence-corrected chi connectivity index (χ3v) is 6.82. The summed E-state index contributed by atoms with van der Waals surface area (Å²) in [6.07, 6.45) is 1.76. The number of aryl methyl sites for hydroxylation is 1. The first kappa shape index (κ1) is 20.5. The normalized spacial score (nSPS) is 16.0. The fourth-order valence-corrected chi connectivity index (χ4v) is 5.09. The van der Waals surface area contributed by atoms with Crippen LogP contribution in [-0.4, -0.2) is 41.7 Å². The van der Waals surface area contributed by atoms with Gasteiger partial charge < -0.3 is 18.9 Å². The van der Waals surface area contributed by atoms with E-state index in [0.717, 1.165) is 34.8 Å². The van der Waals surface area contributed by atoms with Crippen LogP contribution in [0.15, 0.2) is 46.3 Å². The predicted molar refractivity (Wildman–Crippen MR) is 122 cm³/mol. The van der Waals surface area contributed by atoms with Gasteiger partial charge in [0.15, 0.2) is 0 Å². The van der Waals surface area contributed by atoms with Crippen molar-refractivity contribution < 1.29 is 18.8 Å². The van der Waals surface area contributed by atoms with Gasteiger partial charge in [0.25, 0.3) is 11.6 Å². The number of rotatable bonds is 5. The average molecular weight is 450 g/mol. The van der Waals surface area contributed by atoms with E-state index in [1.807, 2.05) is 53.6 Å². The Morgan fingerprint density at radius 3 is 2.84 bits per heavy atom. The van der Waals surface area contributed by atoms with Crippen LogP contribution in [0.3, 0.4) is 0 Å². The SMILES string of the molecule is COc1ccc(OC)c([C@@H]2CCCN2C(=O)c2cc(-c3cccs3)nc3onc(C)c23)c1. The van der Waals surface area contributed by atoms with E-state index in [-0.39, 0.29) is 11.9 Å². The van der Waals surface area contributed by atoms with Crippen molar-refractivity contribution in [2.45, 2.75) is 25.8 Å². The highest BCUT2D eigenvalue weighted by Crippen LogP contribution is 2.40. The molecule has 1 atom stereocenters. The Morgan fingerprint density at radius 1 is 1.22 bits per heavy atom. The molecule has 0 radical (unpaired) electrons. The lowest BCUT2D eigenvalue weighted by Crippen LogP contribution is -2.31. The van der Waals surface area contributed by atoms with Crippen LogP contribution in [0.25, 0.3) is 21.7 Å². The molecule has 1 aliphatic heterocycles. The van der Waals surface area contributed by atoms with Gasteiger partial charge in [0.05, 0.1) is 47.5 Å². The van der Waals surface area contributed by atoms with Crippen LogP contribution in [-0.2, 0) is 0 Å². The fourth-order valence-electron chi connectivity index (χ4n) is 4.40. The van der Waals surface area contributed by atoms with Gasteiger partial charge in [-0.25, -0.2) is 4.98 Å². The summed E-state index contributed by atoms with van der Waals surface area (Å²) in [7, 11) is 3.28. The second kappa shape index (κ2) is 8.27. The van der Waals surface area contributed by atoms with Crippen LogP contribution in [0, 0.1) is 6.92 Å². The molecule has 1 saturated heterocycles. The number of aromatic nitrogens is 2. The van der Waals surface area contributed by atoms with E-state index < -0.39 is 0 Å². The maximum Gasteiger partial charge on any atom is 0.259 e. The van der Waals surface area contributed by atoms with Gasteiger partial charge in [-0.3, -0.25) is 4.79 Å². The Kier molecular flexibility index (Phi) is 5.30. The minimum absolute atomic E-state index is 0.0612. The molecule has 0 N–H and O–H groups in total. The maximum atomic E-state index is 13.9. The van der Waals surface area contributed by atoms with Crippen molar-refractivity contribution in [1.29, 1.82) is 0 Å². The molecule has 4 aromatic rings. The zero-order valence-corrected chi connectivity index (χ0v) is 18.9. The van der Waals surface area contributed by atoms with Crippen molar-refractivity contribution in [3.63, 3.8) is 0 Å². The van der Waals surface area contributed by atoms with Gasteiger partial charge in [0.1, 0.15) is 11.5 Å². The van der Waals surface area contributed by atoms with E-state index in [0.29, 0.717) is 34.6 Å². The number of ether oxygens (including phenoxy) is 2. The summed E-state index contributed by atoms with van der Waals surface area (Å²) >= 11 is 1.57. The van der Waals surface area contributed by atoms with Crippen LogP contribution in [0.5, 0.6) is 11.5 Å². The Hall–Kier alpha value is -3.39. The van der Waals surface area contributed by atoms with E-state index in [9.17, 15) is 4.79 Å². The van der Waals surface area contributed by atoms with Crippen molar-refractivity contribution in [3.05, 3.63) is 58.6 Å². The minimum Gasteiger partial charge on any atom is -0.497 e. The summed E-state index contributed by atoms with van der Waals surface area (Å²) in [6, 6.07) is 11.4. The summed E-state index contributed by atoms with van der Waals surface area (Å²) < 4.78 is 16.5. The molecule has 0 unspecified atom stereocenters. The third kappa shape index (κ3) is 3.40. The zero-order valence-electron chi connectivity index (χ0n) is 18.1. The second-order valence-corrected chi connectivity index (χ2v) is 8.69. The molecule has 0 aliphatic carbocycles. The van der Waals surface area contributed by atoms with Crippen molar-refractivity contribution in [1.82, 2.24) is 15.0 Å². The number of likely N-dealkylation sites (tertiary alicyclic amines) is 1. The monoisotopic (exact) mass is 449 g/mol. The molecule has 32 heavy (non-hydrogen) atoms. The van der Waals surface area contributed by atoms with Crippen molar-refractivity contribution in [2.75, 3.05) is 20.8 Å². The average Bonchev–Trinajstić information content (AvgIpc) is 3.59. The number of amides is 1. The standard InChI is InChI=1S/C24H23N3O4S/c1-14-22-17(13-18(21-7-5-11-32-21)25-23(22)31-26-14)24(28)27-10-4-6-19(27)16-12-15(29-2)8-9-20(16)30-3/h5,7-9,11-13,19H,4,6,10H2,1-3H3/t19-/m0/s1. The number of nitrogens with zero attached hydrogens (tertiary/aromatic N) is 3. The molecular weight excluding hydrogens is 426 g/mol. The van der Waals surface area contributed by atoms with Crippen LogP contribution >= 0.6 is 11.3 Å². The largest absolute Gasteiger partial charge is 0.497 e. The lowest BCUT2D eigenvalue weighted by Gasteiger charge is -2.27. The number of thiophene rings is 1. The van der Waals surface area contributed by atoms with Gasteiger partial charge in [-0.05, 0) is 55.5 Å². The van der Waals surface area contributed by atoms with Crippen molar-refractivity contribution in [3.8, 4) is 22.1 Å². The molecule has 5 rings (SSSR count). The molecule has 0 bridgehead atoms. The van der Waals surface area contributed by atoms with E-state index in [2.05, 4.69) is 10.1 Å². The van der Waals surface area contributed by atoms with E-state index in [1.54, 1.807) is 25.6 Å². The summed E-state index contributed by atoms with van der Waals surface area (Å²) in [4.78, 5) is 21.4. The van der Waals surface area contributed by atoms with E-state index >= 15 is 0 Å². The molecule has 1 amide bonds. The third-order valence-electron chi connectivity index (χ3n) is 5.93. The van der Waals surface area contributed by atoms with Crippen LogP contribution in [0.2, 0.25) is 0 Å². The van der Waals surface area contributed by atoms with E-state index in [1.165, 1.54) is 0 Å². The highest BCUT2D eigenvalue weighted by atomic mass is 32.1. The molecule has 1 aliphatic rings. The van der Waals surface area contributed by atoms with E-state index in [4.69, 9.17) is 14.0 Å². The Balaban J connectivity index is 1.60. The van der Waals surface area contributed by atoms with Gasteiger partial charge in [0, 0.05) is 12.1 Å². The quantitative estimate of drug-likeness (QED) is 0.414. The first-order chi connectivity index (χ1) is 15.6. The number of methoxy groups -OCH3 is 2. The summed E-state index contributed by atoms with van der Waals surface area (Å²) in [5.74, 6) is 1.42. The zero-order chi connectivity index (χ0) is 22.2. The highest BCUT2D eigenvalue weighted by Gasteiger charge is 2.34. The molecule has 0 saturated carbocycles. The highest BCUT2D eigenvalue weighted by molar-refractivity contribution is 7.13. The Morgan fingerprint density at radius 2 is 2.09 bits per heavy atom. The lowest BCUT2D eigenvalue weighted by atomic mass is 10.0. The summed E-state index contributed by atoms with van der Waals surface area (Å²) in [6.45, 7) is 2.49. The molecule has 0 spiro atoms. The number of benzene rings is 1. The van der Waals surface area contributed by atoms with Gasteiger partial charge in [-0.1, -0.05) is 11.2 Å². The molecule has 164 valence electrons. The predicted octanol–water partition coefficient (Wildman–Crippen LogP) is 5.25. The second-order valence-electron chi connectivity index (χ2n) is 7.74. The molecule has 4 heterocycles. The molecule has 7 nitrogen and oxygen atoms in total. The van der Waals surface area contributed by atoms with Crippen LogP contribution in [0.1, 0.15) is 40.5 Å². The topological polar surface area (TPSA) is 77.7 Å². The molecule has 3 aromatic heterocycles. The number of carbonyl (C=O) groups is 1. The number of hydrogen-bond donors (Lipinski definition) is 0. The lowest BCUT2D eigenvalue weighted by molar-refractivity contribution is 0.0736. The van der Waals surface area contributed by atoms with Gasteiger partial charge in [0.2, 0.25) is 0 Å². The molecule has 8 heteroatoms. The maximum absolute atomic E-state index is 13.9. The van der Waals surface area contributed by atoms with Crippen LogP contribution < -0.4 is 9.47 Å². The summed E-state index contributed by atoms with van der Waals surface area (Å²) in [5, 5.41) is 6.73. The van der Waals surface area contributed by atoms with Gasteiger partial charge in [-0.15, -0.1) is 11.3 Å². The minimum atomic E-state index is -0.110. The number of carbonyl (C=O) groups excluding carboxylic acids is 1. The molecule has 1 fully saturated rings. The molecule has 1 aromatic carbocycles. The first-order valence-corrected chi connectivity index (χ1v) is 11.3. The summed E-state index contributed by atoms with van der Waals surface area (Å²) in [5.41, 5.74) is 3.26. The fraction of sp³-hybridized carbons (Fsp3) is 0.292. The number of pyridine rings is 1. The number of fused-ring (bicyclic) bond motifs is 1. The van der Waals surface area contributed by atoms with Crippen molar-refractivity contribution in [2.24, 2.45) is 0 Å². The Labute approximate surface area is 189 Å². The molecular formula is C24H23N3O4S. The van der Waals surface area contributed by atoms with Crippen LogP contribution in [0.4, 0.5) is 0 Å². The Bertz CT molecular complexity index is 1280. The van der Waals surface area contributed by atoms with Gasteiger partial charge >= 0.3 is 0 Å². The number of hydrogen-bond acceptors (Lipinski definition) is 7. The van der Waals surface area contributed by atoms with Gasteiger partial charge in [-0.2, -0.15) is 0 Å².